The van der Waals surface area contributed by atoms with Crippen molar-refractivity contribution in [3.05, 3.63) is 54.6 Å². The molecule has 11 nitrogen and oxygen atoms in total. The molecule has 2 aromatic carbocycles. The molecule has 0 atom stereocenters. The lowest BCUT2D eigenvalue weighted by Crippen LogP contribution is -2.46. The molecule has 1 aliphatic heterocycles. The molecule has 0 unspecified atom stereocenters. The van der Waals surface area contributed by atoms with Gasteiger partial charge in [-0.3, -0.25) is 4.79 Å². The van der Waals surface area contributed by atoms with E-state index in [-0.39, 0.29) is 18.0 Å². The molecule has 2 aromatic rings. The fourth-order valence-electron chi connectivity index (χ4n) is 3.29. The van der Waals surface area contributed by atoms with E-state index in [0.717, 1.165) is 8.61 Å². The quantitative estimate of drug-likeness (QED) is 0.423. The molecular formula is C22H30N4O7S2. The van der Waals surface area contributed by atoms with Gasteiger partial charge in [0.05, 0.1) is 30.3 Å². The van der Waals surface area contributed by atoms with E-state index in [1.807, 2.05) is 0 Å². The van der Waals surface area contributed by atoms with Gasteiger partial charge >= 0.3 is 10.2 Å². The van der Waals surface area contributed by atoms with Crippen LogP contribution in [0.15, 0.2) is 59.5 Å². The van der Waals surface area contributed by atoms with Crippen LogP contribution in [0.3, 0.4) is 0 Å². The van der Waals surface area contributed by atoms with Gasteiger partial charge < -0.3 is 14.8 Å². The van der Waals surface area contributed by atoms with Crippen LogP contribution in [-0.4, -0.2) is 91.4 Å². The number of hydrogen-bond donors (Lipinski definition) is 1. The number of amides is 1. The van der Waals surface area contributed by atoms with E-state index in [2.05, 4.69) is 5.32 Å². The molecule has 1 fully saturated rings. The molecule has 1 N–H and O–H groups in total. The topological polar surface area (TPSA) is 126 Å². The van der Waals surface area contributed by atoms with E-state index in [1.54, 1.807) is 42.5 Å². The Morgan fingerprint density at radius 3 is 2.23 bits per heavy atom. The zero-order chi connectivity index (χ0) is 25.5. The number of carbonyl (C=O) groups is 1. The van der Waals surface area contributed by atoms with Crippen molar-refractivity contribution in [1.29, 1.82) is 0 Å². The Hall–Kier alpha value is -2.71. The molecule has 0 spiro atoms. The van der Waals surface area contributed by atoms with E-state index >= 15 is 0 Å². The predicted molar refractivity (Wildman–Crippen MR) is 131 cm³/mol. The number of anilines is 1. The number of carbonyl (C=O) groups excluding carboxylic acids is 1. The first-order valence-corrected chi connectivity index (χ1v) is 13.8. The Bertz CT molecular complexity index is 1180. The van der Waals surface area contributed by atoms with Crippen molar-refractivity contribution in [2.24, 2.45) is 0 Å². The van der Waals surface area contributed by atoms with E-state index in [0.29, 0.717) is 37.7 Å². The van der Waals surface area contributed by atoms with Gasteiger partial charge in [0.1, 0.15) is 18.9 Å². The summed E-state index contributed by atoms with van der Waals surface area (Å²) in [5, 5.41) is 2.64. The monoisotopic (exact) mass is 526 g/mol. The maximum atomic E-state index is 12.7. The van der Waals surface area contributed by atoms with Crippen molar-refractivity contribution in [2.45, 2.75) is 4.90 Å². The van der Waals surface area contributed by atoms with Crippen LogP contribution in [-0.2, 0) is 29.8 Å². The number of nitrogens with zero attached hydrogens (tertiary/aromatic N) is 3. The third-order valence-electron chi connectivity index (χ3n) is 5.20. The number of sulfonamides is 1. The van der Waals surface area contributed by atoms with Crippen LogP contribution in [0, 0.1) is 0 Å². The second-order valence-corrected chi connectivity index (χ2v) is 11.8. The first-order chi connectivity index (χ1) is 16.6. The normalized spacial score (nSPS) is 15.1. The van der Waals surface area contributed by atoms with Crippen molar-refractivity contribution in [2.75, 3.05) is 64.4 Å². The number of ether oxygens (including phenoxy) is 2. The maximum absolute atomic E-state index is 12.7. The Kier molecular flexibility index (Phi) is 9.08. The zero-order valence-corrected chi connectivity index (χ0v) is 21.3. The summed E-state index contributed by atoms with van der Waals surface area (Å²) in [6, 6.07) is 14.4. The van der Waals surface area contributed by atoms with Crippen molar-refractivity contribution in [3.8, 4) is 5.75 Å². The Balaban J connectivity index is 1.51. The molecule has 0 aromatic heterocycles. The van der Waals surface area contributed by atoms with Gasteiger partial charge in [-0.05, 0) is 36.4 Å². The number of morpholine rings is 1. The lowest BCUT2D eigenvalue weighted by atomic mass is 10.3. The highest BCUT2D eigenvalue weighted by molar-refractivity contribution is 7.90. The minimum Gasteiger partial charge on any atom is -0.492 e. The summed E-state index contributed by atoms with van der Waals surface area (Å²) in [5.41, 5.74) is 0.375. The molecule has 1 aliphatic rings. The van der Waals surface area contributed by atoms with Crippen molar-refractivity contribution in [1.82, 2.24) is 13.9 Å². The predicted octanol–water partition coefficient (Wildman–Crippen LogP) is 0.516. The van der Waals surface area contributed by atoms with E-state index < -0.39 is 32.7 Å². The number of benzene rings is 2. The Morgan fingerprint density at radius 2 is 1.63 bits per heavy atom. The molecule has 1 saturated heterocycles. The molecule has 0 saturated carbocycles. The molecular weight excluding hydrogens is 496 g/mol. The van der Waals surface area contributed by atoms with Crippen molar-refractivity contribution < 1.29 is 31.1 Å². The zero-order valence-electron chi connectivity index (χ0n) is 19.7. The largest absolute Gasteiger partial charge is 0.492 e. The summed E-state index contributed by atoms with van der Waals surface area (Å²) in [7, 11) is -4.66. The van der Waals surface area contributed by atoms with Crippen LogP contribution in [0.4, 0.5) is 5.69 Å². The third kappa shape index (κ3) is 6.92. The summed E-state index contributed by atoms with van der Waals surface area (Å²) < 4.78 is 64.9. The fourth-order valence-corrected chi connectivity index (χ4v) is 5.76. The van der Waals surface area contributed by atoms with Gasteiger partial charge in [-0.15, -0.1) is 0 Å². The number of rotatable bonds is 11. The Labute approximate surface area is 206 Å². The molecule has 0 radical (unpaired) electrons. The highest BCUT2D eigenvalue weighted by atomic mass is 32.2. The van der Waals surface area contributed by atoms with Gasteiger partial charge in [-0.1, -0.05) is 18.2 Å². The number of para-hydroxylation sites is 1. The minimum atomic E-state index is -3.87. The summed E-state index contributed by atoms with van der Waals surface area (Å²) in [6.45, 7) is 1.24. The van der Waals surface area contributed by atoms with Crippen LogP contribution in [0.1, 0.15) is 0 Å². The van der Waals surface area contributed by atoms with Crippen molar-refractivity contribution in [3.63, 3.8) is 0 Å². The first kappa shape index (κ1) is 26.9. The van der Waals surface area contributed by atoms with E-state index in [9.17, 15) is 21.6 Å². The smallest absolute Gasteiger partial charge is 0.304 e. The standard InChI is InChI=1S/C22H30N4O7S2/c1-24(2)35(30,31)26(19-6-4-3-5-7-19)18-22(27)23-12-15-33-20-8-10-21(11-9-20)34(28,29)25-13-16-32-17-14-25/h3-11H,12-18H2,1-2H3,(H,23,27). The number of nitrogens with one attached hydrogen (secondary N) is 1. The summed E-state index contributed by atoms with van der Waals surface area (Å²) in [5.74, 6) is -0.0453. The minimum absolute atomic E-state index is 0.118. The Morgan fingerprint density at radius 1 is 1.00 bits per heavy atom. The highest BCUT2D eigenvalue weighted by Crippen LogP contribution is 2.21. The lowest BCUT2D eigenvalue weighted by Gasteiger charge is -2.26. The first-order valence-electron chi connectivity index (χ1n) is 10.9. The second kappa shape index (κ2) is 11.8. The average Bonchev–Trinajstić information content (AvgIpc) is 2.86. The van der Waals surface area contributed by atoms with Gasteiger partial charge in [0.2, 0.25) is 15.9 Å². The SMILES string of the molecule is CN(C)S(=O)(=O)N(CC(=O)NCCOc1ccc(S(=O)(=O)N2CCOCC2)cc1)c1ccccc1. The lowest BCUT2D eigenvalue weighted by molar-refractivity contribution is -0.119. The van der Waals surface area contributed by atoms with Gasteiger partial charge in [0, 0.05) is 27.2 Å². The molecule has 35 heavy (non-hydrogen) atoms. The van der Waals surface area contributed by atoms with Crippen LogP contribution < -0.4 is 14.4 Å². The highest BCUT2D eigenvalue weighted by Gasteiger charge is 2.27. The van der Waals surface area contributed by atoms with Crippen LogP contribution in [0.5, 0.6) is 5.75 Å². The molecule has 0 aliphatic carbocycles. The summed E-state index contributed by atoms with van der Waals surface area (Å²) >= 11 is 0. The fraction of sp³-hybridized carbons (Fsp3) is 0.409. The van der Waals surface area contributed by atoms with Gasteiger partial charge in [0.25, 0.3) is 0 Å². The molecule has 3 rings (SSSR count). The molecule has 192 valence electrons. The van der Waals surface area contributed by atoms with Gasteiger partial charge in [0.15, 0.2) is 0 Å². The molecule has 1 heterocycles. The van der Waals surface area contributed by atoms with Gasteiger partial charge in [-0.2, -0.15) is 17.0 Å². The van der Waals surface area contributed by atoms with Gasteiger partial charge in [-0.25, -0.2) is 12.7 Å². The molecule has 13 heteroatoms. The van der Waals surface area contributed by atoms with E-state index in [1.165, 1.54) is 30.5 Å². The third-order valence-corrected chi connectivity index (χ3v) is 8.93. The molecule has 1 amide bonds. The second-order valence-electron chi connectivity index (χ2n) is 7.82. The van der Waals surface area contributed by atoms with E-state index in [4.69, 9.17) is 9.47 Å². The average molecular weight is 527 g/mol. The summed E-state index contributed by atoms with van der Waals surface area (Å²) in [4.78, 5) is 12.6. The van der Waals surface area contributed by atoms with Crippen LogP contribution >= 0.6 is 0 Å². The number of hydrogen-bond acceptors (Lipinski definition) is 7. The van der Waals surface area contributed by atoms with Crippen molar-refractivity contribution >= 4 is 31.8 Å². The summed E-state index contributed by atoms with van der Waals surface area (Å²) in [6.07, 6.45) is 0. The van der Waals surface area contributed by atoms with Crippen LogP contribution in [0.2, 0.25) is 0 Å². The maximum Gasteiger partial charge on any atom is 0.304 e. The molecule has 0 bridgehead atoms. The van der Waals surface area contributed by atoms with Crippen LogP contribution in [0.25, 0.3) is 0 Å².